The normalized spacial score (nSPS) is 13.5. The summed E-state index contributed by atoms with van der Waals surface area (Å²) in [5, 5.41) is 0.587. The first-order valence-corrected chi connectivity index (χ1v) is 11.0. The number of nitrogens with zero attached hydrogens (tertiary/aromatic N) is 4. The molecule has 1 aromatic carbocycles. The zero-order valence-electron chi connectivity index (χ0n) is 17.4. The molecule has 8 nitrogen and oxygen atoms in total. The topological polar surface area (TPSA) is 93.2 Å². The number of hydrogen-bond acceptors (Lipinski definition) is 8. The number of hydrogen-bond donors (Lipinski definition) is 1. The average Bonchev–Trinajstić information content (AvgIpc) is 3.27. The van der Waals surface area contributed by atoms with Crippen LogP contribution in [0.5, 0.6) is 16.7 Å². The average molecular weight is 448 g/mol. The van der Waals surface area contributed by atoms with Crippen LogP contribution < -0.4 is 15.0 Å². The number of aromatic amines is 1. The highest BCUT2D eigenvalue weighted by Gasteiger charge is 2.22. The first kappa shape index (κ1) is 20.3. The van der Waals surface area contributed by atoms with Gasteiger partial charge in [0, 0.05) is 55.1 Å². The molecule has 4 aromatic rings. The van der Waals surface area contributed by atoms with Gasteiger partial charge in [-0.05, 0) is 36.4 Å². The van der Waals surface area contributed by atoms with Gasteiger partial charge in [-0.15, -0.1) is 0 Å². The SMILES string of the molecule is COc1ccc(Oc2ncc(CN3CCc4nc(-c5ccncc5)[nH]c(=O)c4C3)s2)cc1. The van der Waals surface area contributed by atoms with Gasteiger partial charge in [0.15, 0.2) is 0 Å². The maximum atomic E-state index is 12.7. The number of ether oxygens (including phenoxy) is 2. The number of H-pyrrole nitrogens is 1. The number of methoxy groups -OCH3 is 1. The number of rotatable bonds is 6. The van der Waals surface area contributed by atoms with Crippen LogP contribution in [0.1, 0.15) is 16.1 Å². The monoisotopic (exact) mass is 447 g/mol. The van der Waals surface area contributed by atoms with E-state index in [2.05, 4.69) is 19.9 Å². The van der Waals surface area contributed by atoms with Crippen molar-refractivity contribution >= 4 is 11.3 Å². The molecule has 0 bridgehead atoms. The van der Waals surface area contributed by atoms with Crippen molar-refractivity contribution < 1.29 is 9.47 Å². The summed E-state index contributed by atoms with van der Waals surface area (Å²) in [6, 6.07) is 11.1. The van der Waals surface area contributed by atoms with Crippen molar-refractivity contribution in [2.24, 2.45) is 0 Å². The Morgan fingerprint density at radius 3 is 2.69 bits per heavy atom. The van der Waals surface area contributed by atoms with E-state index >= 15 is 0 Å². The molecule has 0 radical (unpaired) electrons. The molecule has 1 aliphatic heterocycles. The van der Waals surface area contributed by atoms with Crippen LogP contribution in [0, 0.1) is 0 Å². The number of aromatic nitrogens is 4. The predicted octanol–water partition coefficient (Wildman–Crippen LogP) is 3.65. The molecule has 5 rings (SSSR count). The van der Waals surface area contributed by atoms with Crippen molar-refractivity contribution in [2.45, 2.75) is 19.5 Å². The van der Waals surface area contributed by atoms with E-state index in [-0.39, 0.29) is 5.56 Å². The zero-order valence-corrected chi connectivity index (χ0v) is 18.3. The predicted molar refractivity (Wildman–Crippen MR) is 121 cm³/mol. The lowest BCUT2D eigenvalue weighted by Gasteiger charge is -2.27. The van der Waals surface area contributed by atoms with Crippen LogP contribution >= 0.6 is 11.3 Å². The summed E-state index contributed by atoms with van der Waals surface area (Å²) in [5.74, 6) is 2.08. The zero-order chi connectivity index (χ0) is 21.9. The molecule has 162 valence electrons. The summed E-state index contributed by atoms with van der Waals surface area (Å²) in [6.45, 7) is 2.08. The molecule has 0 atom stereocenters. The van der Waals surface area contributed by atoms with Crippen molar-refractivity contribution in [3.63, 3.8) is 0 Å². The molecule has 0 saturated heterocycles. The van der Waals surface area contributed by atoms with Crippen LogP contribution in [-0.2, 0) is 19.5 Å². The van der Waals surface area contributed by atoms with E-state index in [1.54, 1.807) is 19.5 Å². The minimum atomic E-state index is -0.0839. The van der Waals surface area contributed by atoms with Gasteiger partial charge in [0.1, 0.15) is 17.3 Å². The lowest BCUT2D eigenvalue weighted by molar-refractivity contribution is 0.244. The van der Waals surface area contributed by atoms with Crippen LogP contribution in [0.3, 0.4) is 0 Å². The lowest BCUT2D eigenvalue weighted by atomic mass is 10.1. The minimum Gasteiger partial charge on any atom is -0.497 e. The number of nitrogens with one attached hydrogen (secondary N) is 1. The van der Waals surface area contributed by atoms with Gasteiger partial charge in [-0.3, -0.25) is 14.7 Å². The van der Waals surface area contributed by atoms with Crippen LogP contribution in [0.4, 0.5) is 0 Å². The third kappa shape index (κ3) is 4.39. The lowest BCUT2D eigenvalue weighted by Crippen LogP contribution is -2.35. The Morgan fingerprint density at radius 2 is 1.91 bits per heavy atom. The number of pyridine rings is 1. The van der Waals surface area contributed by atoms with Crippen LogP contribution in [0.25, 0.3) is 11.4 Å². The first-order chi connectivity index (χ1) is 15.7. The van der Waals surface area contributed by atoms with E-state index in [0.29, 0.717) is 29.9 Å². The van der Waals surface area contributed by atoms with Gasteiger partial charge in [0.2, 0.25) is 0 Å². The molecular formula is C23H21N5O3S. The number of thiazole rings is 1. The van der Waals surface area contributed by atoms with Crippen LogP contribution in [0.15, 0.2) is 59.8 Å². The van der Waals surface area contributed by atoms with Crippen LogP contribution in [-0.4, -0.2) is 38.5 Å². The Balaban J connectivity index is 1.26. The fraction of sp³-hybridized carbons (Fsp3) is 0.217. The molecule has 0 fully saturated rings. The fourth-order valence-corrected chi connectivity index (χ4v) is 4.46. The number of benzene rings is 1. The molecule has 4 heterocycles. The van der Waals surface area contributed by atoms with Crippen molar-refractivity contribution in [3.05, 3.63) is 81.5 Å². The first-order valence-electron chi connectivity index (χ1n) is 10.2. The van der Waals surface area contributed by atoms with Gasteiger partial charge in [-0.2, -0.15) is 0 Å². The van der Waals surface area contributed by atoms with E-state index in [9.17, 15) is 4.79 Å². The highest BCUT2D eigenvalue weighted by Crippen LogP contribution is 2.29. The van der Waals surface area contributed by atoms with Crippen LogP contribution in [0.2, 0.25) is 0 Å². The summed E-state index contributed by atoms with van der Waals surface area (Å²) in [5.41, 5.74) is 2.37. The molecule has 0 saturated carbocycles. The Labute approximate surface area is 188 Å². The van der Waals surface area contributed by atoms with Gasteiger partial charge >= 0.3 is 0 Å². The molecular weight excluding hydrogens is 426 g/mol. The van der Waals surface area contributed by atoms with Crippen molar-refractivity contribution in [2.75, 3.05) is 13.7 Å². The smallest absolute Gasteiger partial charge is 0.278 e. The second-order valence-electron chi connectivity index (χ2n) is 7.41. The minimum absolute atomic E-state index is 0.0839. The van der Waals surface area contributed by atoms with E-state index in [1.807, 2.05) is 42.6 Å². The molecule has 0 aliphatic carbocycles. The second-order valence-corrected chi connectivity index (χ2v) is 8.48. The standard InChI is InChI=1S/C23H21N5O3S/c1-30-16-2-4-17(5-3-16)31-23-25-12-18(32-23)13-28-11-8-20-19(14-28)22(29)27-21(26-20)15-6-9-24-10-7-15/h2-7,9-10,12H,8,11,13-14H2,1H3,(H,26,27,29). The Bertz CT molecular complexity index is 1270. The highest BCUT2D eigenvalue weighted by molar-refractivity contribution is 7.13. The van der Waals surface area contributed by atoms with Crippen molar-refractivity contribution in [1.29, 1.82) is 0 Å². The van der Waals surface area contributed by atoms with E-state index in [0.717, 1.165) is 40.4 Å². The molecule has 1 N–H and O–H groups in total. The van der Waals surface area contributed by atoms with Gasteiger partial charge < -0.3 is 14.5 Å². The highest BCUT2D eigenvalue weighted by atomic mass is 32.1. The maximum Gasteiger partial charge on any atom is 0.278 e. The molecule has 0 spiro atoms. The van der Waals surface area contributed by atoms with E-state index < -0.39 is 0 Å². The van der Waals surface area contributed by atoms with Gasteiger partial charge in [-0.1, -0.05) is 11.3 Å². The Hall–Kier alpha value is -3.56. The summed E-state index contributed by atoms with van der Waals surface area (Å²) in [4.78, 5) is 32.1. The summed E-state index contributed by atoms with van der Waals surface area (Å²) < 4.78 is 11.0. The van der Waals surface area contributed by atoms with Gasteiger partial charge in [-0.25, -0.2) is 9.97 Å². The molecule has 3 aromatic heterocycles. The fourth-order valence-electron chi connectivity index (χ4n) is 3.64. The maximum absolute atomic E-state index is 12.7. The number of fused-ring (bicyclic) bond motifs is 1. The third-order valence-electron chi connectivity index (χ3n) is 5.28. The van der Waals surface area contributed by atoms with E-state index in [4.69, 9.17) is 14.5 Å². The Morgan fingerprint density at radius 1 is 1.12 bits per heavy atom. The van der Waals surface area contributed by atoms with E-state index in [1.165, 1.54) is 11.3 Å². The summed E-state index contributed by atoms with van der Waals surface area (Å²) in [7, 11) is 1.63. The third-order valence-corrected chi connectivity index (χ3v) is 6.14. The molecule has 0 unspecified atom stereocenters. The van der Waals surface area contributed by atoms with Crippen molar-refractivity contribution in [1.82, 2.24) is 24.8 Å². The summed E-state index contributed by atoms with van der Waals surface area (Å²) >= 11 is 1.50. The summed E-state index contributed by atoms with van der Waals surface area (Å²) in [6.07, 6.45) is 5.94. The molecule has 9 heteroatoms. The van der Waals surface area contributed by atoms with Gasteiger partial charge in [0.05, 0.1) is 18.4 Å². The second kappa shape index (κ2) is 8.89. The quantitative estimate of drug-likeness (QED) is 0.482. The Kier molecular flexibility index (Phi) is 5.66. The molecule has 32 heavy (non-hydrogen) atoms. The largest absolute Gasteiger partial charge is 0.497 e. The molecule has 0 amide bonds. The molecule has 1 aliphatic rings. The van der Waals surface area contributed by atoms with Crippen molar-refractivity contribution in [3.8, 4) is 28.1 Å². The van der Waals surface area contributed by atoms with Gasteiger partial charge in [0.25, 0.3) is 10.8 Å².